The lowest BCUT2D eigenvalue weighted by Gasteiger charge is -2.29. The third-order valence-corrected chi connectivity index (χ3v) is 8.75. The van der Waals surface area contributed by atoms with E-state index in [-0.39, 0.29) is 21.6 Å². The average Bonchev–Trinajstić information content (AvgIpc) is 3.10. The van der Waals surface area contributed by atoms with E-state index in [0.717, 1.165) is 29.7 Å². The maximum absolute atomic E-state index is 13.3. The van der Waals surface area contributed by atoms with Gasteiger partial charge >= 0.3 is 0 Å². The number of aromatic hydroxyl groups is 1. The number of azo groups is 1. The standard InChI is InChI=1S/C26H31N5O3S2/c1-5-12-31-23-9-8-21(36(33,34)30-13-10-17(2)11-14-30)16-22(23)24(25(31)32)28-29-26(35)27-20-7-6-18(3)19(4)15-20/h5-9,15-17,32H,1,10-14H2,2-4H3,(H,27,35). The van der Waals surface area contributed by atoms with Crippen LogP contribution >= 0.6 is 12.2 Å². The predicted octanol–water partition coefficient (Wildman–Crippen LogP) is 6.05. The molecule has 4 rings (SSSR count). The van der Waals surface area contributed by atoms with Crippen LogP contribution in [0.2, 0.25) is 0 Å². The molecule has 36 heavy (non-hydrogen) atoms. The van der Waals surface area contributed by atoms with E-state index in [1.165, 1.54) is 4.31 Å². The fraction of sp³-hybridized carbons (Fsp3) is 0.346. The van der Waals surface area contributed by atoms with Gasteiger partial charge in [-0.25, -0.2) is 8.42 Å². The Hall–Kier alpha value is -3.08. The lowest BCUT2D eigenvalue weighted by Crippen LogP contribution is -2.37. The Kier molecular flexibility index (Phi) is 7.58. The summed E-state index contributed by atoms with van der Waals surface area (Å²) in [7, 11) is -3.68. The Morgan fingerprint density at radius 2 is 1.92 bits per heavy atom. The van der Waals surface area contributed by atoms with E-state index in [0.29, 0.717) is 36.5 Å². The number of aryl methyl sites for hydroxylation is 2. The number of nitrogens with zero attached hydrogens (tertiary/aromatic N) is 4. The van der Waals surface area contributed by atoms with Crippen molar-refractivity contribution < 1.29 is 13.5 Å². The lowest BCUT2D eigenvalue weighted by molar-refractivity contribution is 0.288. The number of nitrogens with one attached hydrogen (secondary N) is 1. The van der Waals surface area contributed by atoms with Gasteiger partial charge in [-0.2, -0.15) is 4.31 Å². The van der Waals surface area contributed by atoms with Crippen molar-refractivity contribution in [3.05, 3.63) is 60.2 Å². The minimum absolute atomic E-state index is 0.119. The monoisotopic (exact) mass is 525 g/mol. The normalized spacial score (nSPS) is 15.5. The summed E-state index contributed by atoms with van der Waals surface area (Å²) >= 11 is 5.34. The number of thiocarbonyl (C=S) groups is 1. The van der Waals surface area contributed by atoms with Gasteiger partial charge in [-0.3, -0.25) is 0 Å². The number of hydrogen-bond acceptors (Lipinski definition) is 5. The number of benzene rings is 2. The number of allylic oxidation sites excluding steroid dienone is 1. The molecule has 0 unspecified atom stereocenters. The SMILES string of the molecule is C=CCn1c(O)c(N=NC(=S)Nc2ccc(C)c(C)c2)c2cc(S(=O)(=O)N3CCC(C)CC3)ccc21. The zero-order chi connectivity index (χ0) is 26.0. The van der Waals surface area contributed by atoms with Crippen LogP contribution in [0.5, 0.6) is 5.88 Å². The van der Waals surface area contributed by atoms with Crippen molar-refractivity contribution in [2.45, 2.75) is 45.1 Å². The molecule has 0 amide bonds. The summed E-state index contributed by atoms with van der Waals surface area (Å²) in [5.74, 6) is 0.376. The van der Waals surface area contributed by atoms with E-state index in [1.807, 2.05) is 32.0 Å². The summed E-state index contributed by atoms with van der Waals surface area (Å²) in [5, 5.41) is 22.9. The zero-order valence-corrected chi connectivity index (χ0v) is 22.4. The second kappa shape index (κ2) is 10.5. The van der Waals surface area contributed by atoms with Gasteiger partial charge in [0.25, 0.3) is 0 Å². The molecule has 0 aliphatic carbocycles. The Morgan fingerprint density at radius 1 is 1.19 bits per heavy atom. The molecule has 2 heterocycles. The van der Waals surface area contributed by atoms with E-state index in [4.69, 9.17) is 12.2 Å². The van der Waals surface area contributed by atoms with Crippen molar-refractivity contribution in [3.8, 4) is 5.88 Å². The van der Waals surface area contributed by atoms with Crippen molar-refractivity contribution >= 4 is 49.6 Å². The first-order valence-electron chi connectivity index (χ1n) is 11.9. The number of aromatic nitrogens is 1. The lowest BCUT2D eigenvalue weighted by atomic mass is 10.0. The van der Waals surface area contributed by atoms with Crippen molar-refractivity contribution in [3.63, 3.8) is 0 Å². The van der Waals surface area contributed by atoms with E-state index in [2.05, 4.69) is 29.0 Å². The minimum atomic E-state index is -3.68. The molecule has 1 saturated heterocycles. The van der Waals surface area contributed by atoms with Crippen LogP contribution < -0.4 is 5.32 Å². The Labute approximate surface area is 217 Å². The number of piperidine rings is 1. The molecule has 0 spiro atoms. The second-order valence-electron chi connectivity index (χ2n) is 9.27. The molecule has 0 bridgehead atoms. The van der Waals surface area contributed by atoms with Gasteiger partial charge in [0.15, 0.2) is 5.69 Å². The van der Waals surface area contributed by atoms with E-state index < -0.39 is 10.0 Å². The second-order valence-corrected chi connectivity index (χ2v) is 11.6. The average molecular weight is 526 g/mol. The van der Waals surface area contributed by atoms with Gasteiger partial charge in [0.05, 0.1) is 10.4 Å². The highest BCUT2D eigenvalue weighted by molar-refractivity contribution is 7.89. The summed E-state index contributed by atoms with van der Waals surface area (Å²) < 4.78 is 29.8. The molecule has 3 aromatic rings. The molecule has 0 atom stereocenters. The summed E-state index contributed by atoms with van der Waals surface area (Å²) in [6.07, 6.45) is 3.32. The molecule has 2 aromatic carbocycles. The van der Waals surface area contributed by atoms with E-state index in [9.17, 15) is 13.5 Å². The first-order valence-corrected chi connectivity index (χ1v) is 13.7. The van der Waals surface area contributed by atoms with Gasteiger partial charge in [-0.15, -0.1) is 16.8 Å². The highest BCUT2D eigenvalue weighted by Gasteiger charge is 2.29. The first-order chi connectivity index (χ1) is 17.1. The molecule has 2 N–H and O–H groups in total. The summed E-state index contributed by atoms with van der Waals surface area (Å²) in [6.45, 7) is 11.2. The zero-order valence-electron chi connectivity index (χ0n) is 20.7. The predicted molar refractivity (Wildman–Crippen MR) is 148 cm³/mol. The highest BCUT2D eigenvalue weighted by atomic mass is 32.2. The largest absolute Gasteiger partial charge is 0.493 e. The van der Waals surface area contributed by atoms with Crippen LogP contribution in [0.4, 0.5) is 11.4 Å². The number of fused-ring (bicyclic) bond motifs is 1. The Balaban J connectivity index is 1.69. The van der Waals surface area contributed by atoms with Crippen molar-refractivity contribution in [2.24, 2.45) is 16.1 Å². The van der Waals surface area contributed by atoms with Crippen LogP contribution in [-0.4, -0.2) is 40.6 Å². The van der Waals surface area contributed by atoms with Crippen molar-refractivity contribution in [2.75, 3.05) is 18.4 Å². The summed E-state index contributed by atoms with van der Waals surface area (Å²) in [6, 6.07) is 10.6. The van der Waals surface area contributed by atoms with Gasteiger partial charge in [-0.1, -0.05) is 19.1 Å². The summed E-state index contributed by atoms with van der Waals surface area (Å²) in [4.78, 5) is 0.160. The van der Waals surface area contributed by atoms with Crippen LogP contribution in [0.15, 0.2) is 64.2 Å². The minimum Gasteiger partial charge on any atom is -0.493 e. The molecule has 0 saturated carbocycles. The third kappa shape index (κ3) is 5.21. The third-order valence-electron chi connectivity index (χ3n) is 6.67. The molecule has 1 aromatic heterocycles. The molecule has 0 radical (unpaired) electrons. The quantitative estimate of drug-likeness (QED) is 0.232. The molecule has 1 aliphatic heterocycles. The molecular weight excluding hydrogens is 494 g/mol. The van der Waals surface area contributed by atoms with Crippen molar-refractivity contribution in [1.29, 1.82) is 0 Å². The smallest absolute Gasteiger partial charge is 0.243 e. The number of hydrogen-bond donors (Lipinski definition) is 2. The number of sulfonamides is 1. The van der Waals surface area contributed by atoms with Crippen LogP contribution in [0.3, 0.4) is 0 Å². The molecule has 1 aliphatic rings. The topological polar surface area (TPSA) is 99.3 Å². The number of rotatable bonds is 6. The van der Waals surface area contributed by atoms with Crippen molar-refractivity contribution in [1.82, 2.24) is 8.87 Å². The van der Waals surface area contributed by atoms with Crippen LogP contribution in [0.1, 0.15) is 30.9 Å². The molecule has 190 valence electrons. The fourth-order valence-electron chi connectivity index (χ4n) is 4.31. The molecule has 8 nitrogen and oxygen atoms in total. The van der Waals surface area contributed by atoms with E-state index >= 15 is 0 Å². The van der Waals surface area contributed by atoms with Gasteiger partial charge in [-0.05, 0) is 86.3 Å². The van der Waals surface area contributed by atoms with E-state index in [1.54, 1.807) is 28.8 Å². The van der Waals surface area contributed by atoms with Crippen LogP contribution in [0, 0.1) is 19.8 Å². The van der Waals surface area contributed by atoms with Crippen LogP contribution in [-0.2, 0) is 16.6 Å². The van der Waals surface area contributed by atoms with Gasteiger partial charge < -0.3 is 15.0 Å². The Morgan fingerprint density at radius 3 is 2.58 bits per heavy atom. The maximum Gasteiger partial charge on any atom is 0.243 e. The first kappa shape index (κ1) is 26.0. The van der Waals surface area contributed by atoms with Gasteiger partial charge in [0.2, 0.25) is 21.0 Å². The Bertz CT molecular complexity index is 1450. The fourth-order valence-corrected chi connectivity index (χ4v) is 5.97. The molecular formula is C26H31N5O3S2. The molecule has 10 heteroatoms. The van der Waals surface area contributed by atoms with Crippen LogP contribution in [0.25, 0.3) is 10.9 Å². The van der Waals surface area contributed by atoms with Gasteiger partial charge in [0, 0.05) is 30.7 Å². The number of anilines is 1. The highest BCUT2D eigenvalue weighted by Crippen LogP contribution is 2.40. The summed E-state index contributed by atoms with van der Waals surface area (Å²) in [5.41, 5.74) is 3.84. The molecule has 1 fully saturated rings. The van der Waals surface area contributed by atoms with Gasteiger partial charge in [0.1, 0.15) is 0 Å². The maximum atomic E-state index is 13.3.